The van der Waals surface area contributed by atoms with Crippen LogP contribution in [0, 0.1) is 12.7 Å². The van der Waals surface area contributed by atoms with Crippen molar-refractivity contribution in [1.82, 2.24) is 10.2 Å². The Balaban J connectivity index is 2.33. The van der Waals surface area contributed by atoms with E-state index in [0.29, 0.717) is 11.4 Å². The molecule has 7 heteroatoms. The standard InChI is InChI=1S/C12H13FN4O2/c1-6-10(14)11(17-16-6)15-12(18)9-7(13)4-3-5-8(9)19-2/h3-5H,14H2,1-2H3,(H2,15,16,17,18). The van der Waals surface area contributed by atoms with Gasteiger partial charge in [0.25, 0.3) is 5.91 Å². The summed E-state index contributed by atoms with van der Waals surface area (Å²) in [5.41, 5.74) is 6.44. The van der Waals surface area contributed by atoms with E-state index in [1.807, 2.05) is 0 Å². The van der Waals surface area contributed by atoms with Gasteiger partial charge in [0, 0.05) is 0 Å². The Morgan fingerprint density at radius 2 is 2.26 bits per heavy atom. The van der Waals surface area contributed by atoms with E-state index in [1.54, 1.807) is 6.92 Å². The zero-order valence-electron chi connectivity index (χ0n) is 10.5. The monoisotopic (exact) mass is 264 g/mol. The average Bonchev–Trinajstić information content (AvgIpc) is 2.70. The van der Waals surface area contributed by atoms with E-state index in [2.05, 4.69) is 15.5 Å². The topological polar surface area (TPSA) is 93.0 Å². The summed E-state index contributed by atoms with van der Waals surface area (Å²) in [4.78, 5) is 12.0. The molecular formula is C12H13FN4O2. The molecule has 0 atom stereocenters. The fraction of sp³-hybridized carbons (Fsp3) is 0.167. The molecule has 2 aromatic rings. The first-order chi connectivity index (χ1) is 9.04. The number of benzene rings is 1. The van der Waals surface area contributed by atoms with E-state index in [1.165, 1.54) is 25.3 Å². The molecule has 0 aliphatic rings. The lowest BCUT2D eigenvalue weighted by Gasteiger charge is -2.09. The van der Waals surface area contributed by atoms with Crippen molar-refractivity contribution < 1.29 is 13.9 Å². The van der Waals surface area contributed by atoms with Crippen molar-refractivity contribution in [1.29, 1.82) is 0 Å². The molecule has 1 heterocycles. The van der Waals surface area contributed by atoms with Crippen molar-refractivity contribution in [3.8, 4) is 5.75 Å². The first-order valence-electron chi connectivity index (χ1n) is 5.49. The van der Waals surface area contributed by atoms with Gasteiger partial charge in [-0.15, -0.1) is 0 Å². The van der Waals surface area contributed by atoms with E-state index < -0.39 is 11.7 Å². The van der Waals surface area contributed by atoms with Gasteiger partial charge < -0.3 is 15.8 Å². The van der Waals surface area contributed by atoms with Crippen LogP contribution in [0.1, 0.15) is 16.1 Å². The van der Waals surface area contributed by atoms with Gasteiger partial charge in [0.1, 0.15) is 17.1 Å². The number of H-pyrrole nitrogens is 1. The summed E-state index contributed by atoms with van der Waals surface area (Å²) in [5.74, 6) is -1.05. The molecule has 1 aromatic carbocycles. The van der Waals surface area contributed by atoms with Gasteiger partial charge in [0.05, 0.1) is 18.5 Å². The predicted octanol–water partition coefficient (Wildman–Crippen LogP) is 1.70. The van der Waals surface area contributed by atoms with Crippen LogP contribution in [0.5, 0.6) is 5.75 Å². The highest BCUT2D eigenvalue weighted by atomic mass is 19.1. The number of aromatic nitrogens is 2. The first-order valence-corrected chi connectivity index (χ1v) is 5.49. The molecule has 1 aromatic heterocycles. The smallest absolute Gasteiger partial charge is 0.263 e. The maximum atomic E-state index is 13.7. The van der Waals surface area contributed by atoms with Crippen LogP contribution in [-0.4, -0.2) is 23.2 Å². The molecule has 6 nitrogen and oxygen atoms in total. The quantitative estimate of drug-likeness (QED) is 0.786. The highest BCUT2D eigenvalue weighted by Gasteiger charge is 2.19. The van der Waals surface area contributed by atoms with E-state index in [0.717, 1.165) is 0 Å². The van der Waals surface area contributed by atoms with E-state index in [9.17, 15) is 9.18 Å². The summed E-state index contributed by atoms with van der Waals surface area (Å²) in [6.45, 7) is 1.71. The summed E-state index contributed by atoms with van der Waals surface area (Å²) in [6, 6.07) is 4.13. The molecular weight excluding hydrogens is 251 g/mol. The molecule has 0 aliphatic heterocycles. The minimum absolute atomic E-state index is 0.142. The fourth-order valence-electron chi connectivity index (χ4n) is 1.60. The molecule has 0 saturated heterocycles. The minimum atomic E-state index is -0.678. The number of carbonyl (C=O) groups is 1. The lowest BCUT2D eigenvalue weighted by molar-refractivity contribution is 0.101. The molecule has 0 aliphatic carbocycles. The van der Waals surface area contributed by atoms with Gasteiger partial charge in [0.15, 0.2) is 5.82 Å². The van der Waals surface area contributed by atoms with Gasteiger partial charge in [-0.25, -0.2) is 4.39 Å². The number of methoxy groups -OCH3 is 1. The second kappa shape index (κ2) is 4.97. The number of halogens is 1. The summed E-state index contributed by atoms with van der Waals surface area (Å²) < 4.78 is 18.7. The Morgan fingerprint density at radius 1 is 1.53 bits per heavy atom. The zero-order valence-corrected chi connectivity index (χ0v) is 10.5. The maximum absolute atomic E-state index is 13.7. The zero-order chi connectivity index (χ0) is 14.0. The van der Waals surface area contributed by atoms with Crippen molar-refractivity contribution in [3.63, 3.8) is 0 Å². The summed E-state index contributed by atoms with van der Waals surface area (Å²) >= 11 is 0. The number of nitrogens with zero attached hydrogens (tertiary/aromatic N) is 1. The predicted molar refractivity (Wildman–Crippen MR) is 68.6 cm³/mol. The van der Waals surface area contributed by atoms with Crippen LogP contribution >= 0.6 is 0 Å². The van der Waals surface area contributed by atoms with Crippen molar-refractivity contribution in [2.45, 2.75) is 6.92 Å². The number of nitrogens with two attached hydrogens (primary N) is 1. The van der Waals surface area contributed by atoms with Crippen LogP contribution < -0.4 is 15.8 Å². The number of aromatic amines is 1. The second-order valence-corrected chi connectivity index (χ2v) is 3.88. The number of aryl methyl sites for hydroxylation is 1. The number of ether oxygens (including phenoxy) is 1. The van der Waals surface area contributed by atoms with Gasteiger partial charge in [-0.2, -0.15) is 5.10 Å². The average molecular weight is 264 g/mol. The number of carbonyl (C=O) groups excluding carboxylic acids is 1. The normalized spacial score (nSPS) is 10.3. The molecule has 0 spiro atoms. The Hall–Kier alpha value is -2.57. The number of nitrogen functional groups attached to an aromatic ring is 1. The summed E-state index contributed by atoms with van der Waals surface area (Å²) in [7, 11) is 1.36. The molecule has 0 fully saturated rings. The minimum Gasteiger partial charge on any atom is -0.496 e. The molecule has 2 rings (SSSR count). The number of anilines is 2. The SMILES string of the molecule is COc1cccc(F)c1C(=O)Nc1n[nH]c(C)c1N. The molecule has 19 heavy (non-hydrogen) atoms. The molecule has 0 saturated carbocycles. The fourth-order valence-corrected chi connectivity index (χ4v) is 1.60. The van der Waals surface area contributed by atoms with Crippen molar-refractivity contribution >= 4 is 17.4 Å². The Bertz CT molecular complexity index is 624. The van der Waals surface area contributed by atoms with Crippen LogP contribution in [0.3, 0.4) is 0 Å². The Labute approximate surface area is 108 Å². The van der Waals surface area contributed by atoms with Crippen LogP contribution in [0.4, 0.5) is 15.9 Å². The number of hydrogen-bond acceptors (Lipinski definition) is 4. The van der Waals surface area contributed by atoms with Crippen molar-refractivity contribution in [3.05, 3.63) is 35.3 Å². The van der Waals surface area contributed by atoms with Crippen LogP contribution in [0.25, 0.3) is 0 Å². The lowest BCUT2D eigenvalue weighted by Crippen LogP contribution is -2.16. The lowest BCUT2D eigenvalue weighted by atomic mass is 10.1. The number of nitrogens with one attached hydrogen (secondary N) is 2. The van der Waals surface area contributed by atoms with Crippen molar-refractivity contribution in [2.24, 2.45) is 0 Å². The summed E-state index contributed by atoms with van der Waals surface area (Å²) in [5, 5.41) is 8.88. The molecule has 100 valence electrons. The van der Waals surface area contributed by atoms with Gasteiger partial charge >= 0.3 is 0 Å². The van der Waals surface area contributed by atoms with E-state index in [-0.39, 0.29) is 17.1 Å². The second-order valence-electron chi connectivity index (χ2n) is 3.88. The largest absolute Gasteiger partial charge is 0.496 e. The highest BCUT2D eigenvalue weighted by Crippen LogP contribution is 2.24. The van der Waals surface area contributed by atoms with Gasteiger partial charge in [-0.1, -0.05) is 6.07 Å². The number of hydrogen-bond donors (Lipinski definition) is 3. The van der Waals surface area contributed by atoms with Crippen molar-refractivity contribution in [2.75, 3.05) is 18.2 Å². The highest BCUT2D eigenvalue weighted by molar-refractivity contribution is 6.07. The summed E-state index contributed by atoms with van der Waals surface area (Å²) in [6.07, 6.45) is 0. The maximum Gasteiger partial charge on any atom is 0.263 e. The first kappa shape index (κ1) is 12.9. The van der Waals surface area contributed by atoms with Crippen LogP contribution in [0.15, 0.2) is 18.2 Å². The van der Waals surface area contributed by atoms with Gasteiger partial charge in [0.2, 0.25) is 0 Å². The molecule has 0 radical (unpaired) electrons. The van der Waals surface area contributed by atoms with Gasteiger partial charge in [-0.05, 0) is 19.1 Å². The Kier molecular flexibility index (Phi) is 3.37. The van der Waals surface area contributed by atoms with E-state index >= 15 is 0 Å². The van der Waals surface area contributed by atoms with E-state index in [4.69, 9.17) is 10.5 Å². The molecule has 1 amide bonds. The number of rotatable bonds is 3. The van der Waals surface area contributed by atoms with Crippen LogP contribution in [-0.2, 0) is 0 Å². The number of amides is 1. The third-order valence-corrected chi connectivity index (χ3v) is 2.65. The molecule has 4 N–H and O–H groups in total. The Morgan fingerprint density at radius 3 is 2.84 bits per heavy atom. The molecule has 0 bridgehead atoms. The third kappa shape index (κ3) is 2.35. The third-order valence-electron chi connectivity index (χ3n) is 2.65. The van der Waals surface area contributed by atoms with Gasteiger partial charge in [-0.3, -0.25) is 9.89 Å². The van der Waals surface area contributed by atoms with Crippen LogP contribution in [0.2, 0.25) is 0 Å². The molecule has 0 unspecified atom stereocenters.